The molecule has 5 rings (SSSR count). The standard InChI is InChI=1S/C24H22N4O2S.ClH/c1-29-21-13-17(7-9-20(21)30-15-18-5-2-3-10-25-18)24-28-19-8-6-16(14-22(19)31-24)23-26-11-4-12-27-23;/h2-3,5-10,13-14H,4,11-12,15H2,1H3,(H,26,27);1H. The molecule has 0 spiro atoms. The highest BCUT2D eigenvalue weighted by atomic mass is 35.5. The molecule has 32 heavy (non-hydrogen) atoms. The number of rotatable bonds is 6. The summed E-state index contributed by atoms with van der Waals surface area (Å²) in [5, 5.41) is 4.33. The minimum atomic E-state index is 0. The maximum absolute atomic E-state index is 5.92. The summed E-state index contributed by atoms with van der Waals surface area (Å²) in [6, 6.07) is 18.0. The van der Waals surface area contributed by atoms with E-state index < -0.39 is 0 Å². The van der Waals surface area contributed by atoms with Crippen molar-refractivity contribution in [1.29, 1.82) is 0 Å². The van der Waals surface area contributed by atoms with Crippen LogP contribution in [-0.2, 0) is 6.61 Å². The number of thiazole rings is 1. The van der Waals surface area contributed by atoms with E-state index in [2.05, 4.69) is 33.5 Å². The predicted octanol–water partition coefficient (Wildman–Crippen LogP) is 5.11. The molecule has 164 valence electrons. The molecule has 0 atom stereocenters. The maximum atomic E-state index is 5.92. The van der Waals surface area contributed by atoms with Gasteiger partial charge in [-0.3, -0.25) is 9.98 Å². The van der Waals surface area contributed by atoms with Gasteiger partial charge in [0.2, 0.25) is 0 Å². The first-order valence-corrected chi connectivity index (χ1v) is 11.0. The number of methoxy groups -OCH3 is 1. The van der Waals surface area contributed by atoms with E-state index in [1.54, 1.807) is 24.6 Å². The van der Waals surface area contributed by atoms with E-state index in [1.165, 1.54) is 0 Å². The Morgan fingerprint density at radius 2 is 1.94 bits per heavy atom. The predicted molar refractivity (Wildman–Crippen MR) is 131 cm³/mol. The average Bonchev–Trinajstić information content (AvgIpc) is 3.27. The lowest BCUT2D eigenvalue weighted by Crippen LogP contribution is -2.30. The molecule has 1 aliphatic rings. The highest BCUT2D eigenvalue weighted by Gasteiger charge is 2.13. The van der Waals surface area contributed by atoms with Gasteiger partial charge >= 0.3 is 0 Å². The van der Waals surface area contributed by atoms with Gasteiger partial charge in [-0.25, -0.2) is 4.98 Å². The van der Waals surface area contributed by atoms with Crippen LogP contribution in [0.25, 0.3) is 20.8 Å². The first-order chi connectivity index (χ1) is 15.3. The van der Waals surface area contributed by atoms with Crippen LogP contribution in [0.15, 0.2) is 65.8 Å². The van der Waals surface area contributed by atoms with E-state index in [4.69, 9.17) is 14.5 Å². The zero-order valence-corrected chi connectivity index (χ0v) is 19.2. The van der Waals surface area contributed by atoms with Crippen molar-refractivity contribution >= 4 is 39.8 Å². The third kappa shape index (κ3) is 4.69. The van der Waals surface area contributed by atoms with Crippen molar-refractivity contribution in [3.63, 3.8) is 0 Å². The Kier molecular flexibility index (Phi) is 6.87. The van der Waals surface area contributed by atoms with Crippen LogP contribution in [0, 0.1) is 0 Å². The molecule has 0 unspecified atom stereocenters. The lowest BCUT2D eigenvalue weighted by molar-refractivity contribution is 0.281. The van der Waals surface area contributed by atoms with Gasteiger partial charge in [-0.15, -0.1) is 23.7 Å². The number of nitrogens with one attached hydrogen (secondary N) is 1. The van der Waals surface area contributed by atoms with E-state index in [1.807, 2.05) is 36.4 Å². The van der Waals surface area contributed by atoms with Crippen LogP contribution in [0.5, 0.6) is 11.5 Å². The Labute approximate surface area is 196 Å². The summed E-state index contributed by atoms with van der Waals surface area (Å²) in [5.74, 6) is 2.33. The molecule has 1 N–H and O–H groups in total. The number of hydrogen-bond acceptors (Lipinski definition) is 7. The summed E-state index contributed by atoms with van der Waals surface area (Å²) in [5.41, 5.74) is 3.96. The molecule has 0 radical (unpaired) electrons. The summed E-state index contributed by atoms with van der Waals surface area (Å²) in [7, 11) is 1.65. The number of aromatic nitrogens is 2. The number of amidine groups is 1. The Hall–Kier alpha value is -3.16. The summed E-state index contributed by atoms with van der Waals surface area (Å²) >= 11 is 1.66. The van der Waals surface area contributed by atoms with Crippen molar-refractivity contribution in [3.05, 3.63) is 72.1 Å². The number of halogens is 1. The van der Waals surface area contributed by atoms with Crippen LogP contribution < -0.4 is 14.8 Å². The van der Waals surface area contributed by atoms with Gasteiger partial charge in [0.25, 0.3) is 0 Å². The summed E-state index contributed by atoms with van der Waals surface area (Å²) < 4.78 is 12.6. The van der Waals surface area contributed by atoms with E-state index in [9.17, 15) is 0 Å². The van der Waals surface area contributed by atoms with Crippen LogP contribution in [0.1, 0.15) is 17.7 Å². The molecule has 0 aliphatic carbocycles. The van der Waals surface area contributed by atoms with Crippen molar-refractivity contribution in [1.82, 2.24) is 15.3 Å². The van der Waals surface area contributed by atoms with E-state index >= 15 is 0 Å². The molecule has 3 heterocycles. The Bertz CT molecular complexity index is 1240. The van der Waals surface area contributed by atoms with Gasteiger partial charge in [-0.05, 0) is 55.0 Å². The highest BCUT2D eigenvalue weighted by Crippen LogP contribution is 2.36. The second-order valence-corrected chi connectivity index (χ2v) is 8.22. The number of nitrogens with zero attached hydrogens (tertiary/aromatic N) is 3. The van der Waals surface area contributed by atoms with Gasteiger partial charge in [0, 0.05) is 30.4 Å². The van der Waals surface area contributed by atoms with Crippen LogP contribution in [0.3, 0.4) is 0 Å². The van der Waals surface area contributed by atoms with E-state index in [0.29, 0.717) is 18.1 Å². The minimum absolute atomic E-state index is 0. The van der Waals surface area contributed by atoms with Gasteiger partial charge in [0.15, 0.2) is 11.5 Å². The quantitative estimate of drug-likeness (QED) is 0.427. The summed E-state index contributed by atoms with van der Waals surface area (Å²) in [6.07, 6.45) is 2.84. The molecule has 4 aromatic rings. The molecule has 0 amide bonds. The number of hydrogen-bond donors (Lipinski definition) is 1. The first kappa shape index (κ1) is 22.0. The van der Waals surface area contributed by atoms with Gasteiger partial charge in [-0.1, -0.05) is 6.07 Å². The van der Waals surface area contributed by atoms with Gasteiger partial charge < -0.3 is 14.8 Å². The normalized spacial score (nSPS) is 13.1. The third-order valence-corrected chi connectivity index (χ3v) is 6.14. The molecular weight excluding hydrogens is 444 g/mol. The molecule has 8 heteroatoms. The van der Waals surface area contributed by atoms with E-state index in [0.717, 1.165) is 57.4 Å². The zero-order chi connectivity index (χ0) is 21.0. The number of ether oxygens (including phenoxy) is 2. The molecule has 0 bridgehead atoms. The Balaban J connectivity index is 0.00000245. The number of pyridine rings is 1. The van der Waals surface area contributed by atoms with Crippen LogP contribution in [-0.4, -0.2) is 36.0 Å². The van der Waals surface area contributed by atoms with Crippen molar-refractivity contribution in [3.8, 4) is 22.1 Å². The fourth-order valence-electron chi connectivity index (χ4n) is 3.48. The number of fused-ring (bicyclic) bond motifs is 1. The topological polar surface area (TPSA) is 68.6 Å². The summed E-state index contributed by atoms with van der Waals surface area (Å²) in [4.78, 5) is 13.7. The zero-order valence-electron chi connectivity index (χ0n) is 17.6. The van der Waals surface area contributed by atoms with Crippen LogP contribution >= 0.6 is 23.7 Å². The SMILES string of the molecule is COc1cc(-c2nc3ccc(C4=NCCCN4)cc3s2)ccc1OCc1ccccn1.Cl. The molecule has 0 saturated carbocycles. The fraction of sp³-hybridized carbons (Fsp3) is 0.208. The average molecular weight is 467 g/mol. The first-order valence-electron chi connectivity index (χ1n) is 10.2. The molecule has 1 aliphatic heterocycles. The summed E-state index contributed by atoms with van der Waals surface area (Å²) in [6.45, 7) is 2.24. The molecule has 2 aromatic carbocycles. The van der Waals surface area contributed by atoms with Crippen molar-refractivity contribution in [2.45, 2.75) is 13.0 Å². The van der Waals surface area contributed by atoms with Gasteiger partial charge in [0.05, 0.1) is 23.0 Å². The van der Waals surface area contributed by atoms with Crippen molar-refractivity contribution < 1.29 is 9.47 Å². The molecule has 0 saturated heterocycles. The third-order valence-electron chi connectivity index (χ3n) is 5.07. The highest BCUT2D eigenvalue weighted by molar-refractivity contribution is 7.21. The maximum Gasteiger partial charge on any atom is 0.161 e. The lowest BCUT2D eigenvalue weighted by atomic mass is 10.1. The van der Waals surface area contributed by atoms with Gasteiger partial charge in [-0.2, -0.15) is 0 Å². The lowest BCUT2D eigenvalue weighted by Gasteiger charge is -2.14. The molecule has 6 nitrogen and oxygen atoms in total. The fourth-order valence-corrected chi connectivity index (χ4v) is 4.48. The van der Waals surface area contributed by atoms with Gasteiger partial charge in [0.1, 0.15) is 17.5 Å². The van der Waals surface area contributed by atoms with E-state index in [-0.39, 0.29) is 12.4 Å². The molecule has 2 aromatic heterocycles. The Morgan fingerprint density at radius 1 is 1.03 bits per heavy atom. The van der Waals surface area contributed by atoms with Crippen molar-refractivity contribution in [2.75, 3.05) is 20.2 Å². The Morgan fingerprint density at radius 3 is 2.72 bits per heavy atom. The van der Waals surface area contributed by atoms with Crippen LogP contribution in [0.2, 0.25) is 0 Å². The monoisotopic (exact) mass is 466 g/mol. The minimum Gasteiger partial charge on any atom is -0.493 e. The van der Waals surface area contributed by atoms with Crippen molar-refractivity contribution in [2.24, 2.45) is 4.99 Å². The second-order valence-electron chi connectivity index (χ2n) is 7.19. The second kappa shape index (κ2) is 9.97. The largest absolute Gasteiger partial charge is 0.493 e. The number of benzene rings is 2. The van der Waals surface area contributed by atoms with Crippen LogP contribution in [0.4, 0.5) is 0 Å². The number of aliphatic imine (C=N–C) groups is 1. The smallest absolute Gasteiger partial charge is 0.161 e. The molecular formula is C24H23ClN4O2S. The molecule has 0 fully saturated rings.